The fourth-order valence-electron chi connectivity index (χ4n) is 4.97. The van der Waals surface area contributed by atoms with Crippen LogP contribution in [0.1, 0.15) is 112 Å². The fraction of sp³-hybridized carbons (Fsp3) is 0.590. The minimum Gasteiger partial charge on any atom is -0.344 e. The largest absolute Gasteiger partial charge is 0.344 e. The van der Waals surface area contributed by atoms with E-state index in [2.05, 4.69) is 62.8 Å². The molecular weight excluding hydrogens is 653 g/mol. The first-order chi connectivity index (χ1) is 23.2. The SMILES string of the molecule is CC(C)(C)SCCCCCCC(=O)Nc1ccccc1.CC(C)(C)SCCCCC[C@H](NC(=O)C1CCC(=O)N1)C(=O)Nc1ccccc1. The molecule has 2 atom stereocenters. The normalized spacial score (nSPS) is 15.0. The average molecular weight is 713 g/mol. The number of rotatable bonds is 18. The maximum atomic E-state index is 12.8. The van der Waals surface area contributed by atoms with Gasteiger partial charge in [-0.15, -0.1) is 0 Å². The monoisotopic (exact) mass is 712 g/mol. The Morgan fingerprint density at radius 1 is 0.735 bits per heavy atom. The van der Waals surface area contributed by atoms with Gasteiger partial charge in [0, 0.05) is 33.7 Å². The van der Waals surface area contributed by atoms with Crippen LogP contribution >= 0.6 is 23.5 Å². The van der Waals surface area contributed by atoms with Crippen molar-refractivity contribution in [3.05, 3.63) is 60.7 Å². The van der Waals surface area contributed by atoms with E-state index in [1.165, 1.54) is 18.6 Å². The van der Waals surface area contributed by atoms with Crippen molar-refractivity contribution in [1.82, 2.24) is 10.6 Å². The summed E-state index contributed by atoms with van der Waals surface area (Å²) in [5, 5.41) is 11.3. The maximum absolute atomic E-state index is 12.8. The third kappa shape index (κ3) is 21.0. The van der Waals surface area contributed by atoms with Crippen molar-refractivity contribution in [3.8, 4) is 0 Å². The topological polar surface area (TPSA) is 116 Å². The number of thioether (sulfide) groups is 2. The smallest absolute Gasteiger partial charge is 0.246 e. The van der Waals surface area contributed by atoms with Crippen molar-refractivity contribution in [3.63, 3.8) is 0 Å². The molecule has 2 aromatic rings. The molecule has 1 unspecified atom stereocenters. The van der Waals surface area contributed by atoms with Gasteiger partial charge in [-0.2, -0.15) is 23.5 Å². The molecule has 0 aliphatic carbocycles. The minimum absolute atomic E-state index is 0.119. The van der Waals surface area contributed by atoms with Gasteiger partial charge >= 0.3 is 0 Å². The molecule has 1 saturated heterocycles. The Balaban J connectivity index is 0.000000365. The molecule has 8 nitrogen and oxygen atoms in total. The molecule has 1 aliphatic rings. The van der Waals surface area contributed by atoms with Gasteiger partial charge in [0.25, 0.3) is 0 Å². The van der Waals surface area contributed by atoms with E-state index >= 15 is 0 Å². The summed E-state index contributed by atoms with van der Waals surface area (Å²) in [4.78, 5) is 48.4. The van der Waals surface area contributed by atoms with Gasteiger partial charge in [-0.25, -0.2) is 0 Å². The van der Waals surface area contributed by atoms with Crippen molar-refractivity contribution in [2.45, 2.75) is 134 Å². The second-order valence-corrected chi connectivity index (χ2v) is 18.3. The minimum atomic E-state index is -0.615. The van der Waals surface area contributed by atoms with Crippen molar-refractivity contribution in [2.75, 3.05) is 22.1 Å². The van der Waals surface area contributed by atoms with E-state index in [0.717, 1.165) is 43.5 Å². The average Bonchev–Trinajstić information content (AvgIpc) is 3.48. The molecule has 0 saturated carbocycles. The molecule has 10 heteroatoms. The van der Waals surface area contributed by atoms with E-state index < -0.39 is 12.1 Å². The number of carbonyl (C=O) groups is 4. The number of carbonyl (C=O) groups excluding carboxylic acids is 4. The highest BCUT2D eigenvalue weighted by atomic mass is 32.2. The van der Waals surface area contributed by atoms with Gasteiger partial charge in [0.05, 0.1) is 0 Å². The van der Waals surface area contributed by atoms with E-state index in [0.29, 0.717) is 36.1 Å². The second-order valence-electron chi connectivity index (χ2n) is 14.4. The summed E-state index contributed by atoms with van der Waals surface area (Å²) in [6.45, 7) is 13.4. The first kappa shape index (κ1) is 42.2. The van der Waals surface area contributed by atoms with Crippen LogP contribution in [-0.2, 0) is 19.2 Å². The summed E-state index contributed by atoms with van der Waals surface area (Å²) in [7, 11) is 0. The van der Waals surface area contributed by atoms with Gasteiger partial charge in [-0.3, -0.25) is 19.2 Å². The third-order valence-electron chi connectivity index (χ3n) is 7.55. The molecule has 4 N–H and O–H groups in total. The number of unbranched alkanes of at least 4 members (excludes halogenated alkanes) is 5. The van der Waals surface area contributed by atoms with Crippen LogP contribution in [0.4, 0.5) is 11.4 Å². The number of hydrogen-bond acceptors (Lipinski definition) is 6. The Kier molecular flexibility index (Phi) is 19.5. The first-order valence-electron chi connectivity index (χ1n) is 17.8. The van der Waals surface area contributed by atoms with E-state index in [1.807, 2.05) is 84.2 Å². The van der Waals surface area contributed by atoms with Crippen molar-refractivity contribution < 1.29 is 19.2 Å². The quantitative estimate of drug-likeness (QED) is 0.115. The van der Waals surface area contributed by atoms with Crippen molar-refractivity contribution >= 4 is 58.5 Å². The Morgan fingerprint density at radius 2 is 1.24 bits per heavy atom. The van der Waals surface area contributed by atoms with Gasteiger partial charge < -0.3 is 21.3 Å². The molecule has 0 aromatic heterocycles. The molecule has 0 radical (unpaired) electrons. The van der Waals surface area contributed by atoms with E-state index in [9.17, 15) is 19.2 Å². The van der Waals surface area contributed by atoms with E-state index in [-0.39, 0.29) is 28.4 Å². The van der Waals surface area contributed by atoms with Gasteiger partial charge in [-0.1, -0.05) is 104 Å². The van der Waals surface area contributed by atoms with Crippen LogP contribution in [0.3, 0.4) is 0 Å². The summed E-state index contributed by atoms with van der Waals surface area (Å²) < 4.78 is 0.632. The van der Waals surface area contributed by atoms with Crippen molar-refractivity contribution in [2.24, 2.45) is 0 Å². The Bertz CT molecular complexity index is 1260. The van der Waals surface area contributed by atoms with Gasteiger partial charge in [0.15, 0.2) is 0 Å². The van der Waals surface area contributed by atoms with Crippen LogP contribution in [0.25, 0.3) is 0 Å². The highest BCUT2D eigenvalue weighted by molar-refractivity contribution is 8.00. The van der Waals surface area contributed by atoms with Crippen LogP contribution in [0.2, 0.25) is 0 Å². The zero-order valence-electron chi connectivity index (χ0n) is 30.6. The highest BCUT2D eigenvalue weighted by Crippen LogP contribution is 2.25. The molecule has 1 fully saturated rings. The zero-order chi connectivity index (χ0) is 36.1. The molecule has 49 heavy (non-hydrogen) atoms. The number of benzene rings is 2. The van der Waals surface area contributed by atoms with Gasteiger partial charge in [0.1, 0.15) is 12.1 Å². The van der Waals surface area contributed by atoms with Crippen LogP contribution in [0.15, 0.2) is 60.7 Å². The Labute approximate surface area is 303 Å². The molecule has 2 aromatic carbocycles. The van der Waals surface area contributed by atoms with Crippen LogP contribution < -0.4 is 21.3 Å². The number of nitrogens with one attached hydrogen (secondary N) is 4. The lowest BCUT2D eigenvalue weighted by molar-refractivity contribution is -0.128. The summed E-state index contributed by atoms with van der Waals surface area (Å²) in [6.07, 6.45) is 9.58. The van der Waals surface area contributed by atoms with E-state index in [4.69, 9.17) is 0 Å². The van der Waals surface area contributed by atoms with Crippen molar-refractivity contribution in [1.29, 1.82) is 0 Å². The van der Waals surface area contributed by atoms with Gasteiger partial charge in [-0.05, 0) is 67.9 Å². The molecule has 272 valence electrons. The maximum Gasteiger partial charge on any atom is 0.246 e. The molecular formula is C39H60N4O4S2. The lowest BCUT2D eigenvalue weighted by Crippen LogP contribution is -2.50. The van der Waals surface area contributed by atoms with Gasteiger partial charge in [0.2, 0.25) is 23.6 Å². The Morgan fingerprint density at radius 3 is 1.76 bits per heavy atom. The second kappa shape index (κ2) is 22.7. The molecule has 0 bridgehead atoms. The first-order valence-corrected chi connectivity index (χ1v) is 19.8. The standard InChI is InChI=1S/C22H33N3O3S.C17H27NOS/c1-22(2,3)29-15-9-5-8-12-17(20(27)23-16-10-6-4-7-11-16)25-21(28)18-13-14-19(26)24-18;1-17(2,3)20-14-10-5-4-9-13-16(19)18-15-11-7-6-8-12-15/h4,6-7,10-11,17-18H,5,8-9,12-15H2,1-3H3,(H,23,27)(H,24,26)(H,25,28);6-8,11-12H,4-5,9-10,13-14H2,1-3H3,(H,18,19)/t17-,18?;/m0./s1. The number of para-hydroxylation sites is 2. The predicted octanol–water partition coefficient (Wildman–Crippen LogP) is 8.59. The lowest BCUT2D eigenvalue weighted by Gasteiger charge is -2.21. The number of anilines is 2. The van der Waals surface area contributed by atoms with Crippen LogP contribution in [-0.4, -0.2) is 56.7 Å². The summed E-state index contributed by atoms with van der Waals surface area (Å²) in [5.41, 5.74) is 1.59. The Hall–Kier alpha value is -2.98. The number of amides is 4. The molecule has 1 heterocycles. The fourth-order valence-corrected chi connectivity index (χ4v) is 6.89. The molecule has 1 aliphatic heterocycles. The predicted molar refractivity (Wildman–Crippen MR) is 209 cm³/mol. The molecule has 0 spiro atoms. The summed E-state index contributed by atoms with van der Waals surface area (Å²) in [6, 6.07) is 17.7. The third-order valence-corrected chi connectivity index (χ3v) is 10.3. The highest BCUT2D eigenvalue weighted by Gasteiger charge is 2.30. The lowest BCUT2D eigenvalue weighted by atomic mass is 10.1. The van der Waals surface area contributed by atoms with Crippen LogP contribution in [0, 0.1) is 0 Å². The number of hydrogen-bond donors (Lipinski definition) is 4. The van der Waals surface area contributed by atoms with E-state index in [1.54, 1.807) is 0 Å². The zero-order valence-corrected chi connectivity index (χ0v) is 32.2. The molecule has 4 amide bonds. The summed E-state index contributed by atoms with van der Waals surface area (Å²) in [5.74, 6) is 1.81. The van der Waals surface area contributed by atoms with Crippen LogP contribution in [0.5, 0.6) is 0 Å². The summed E-state index contributed by atoms with van der Waals surface area (Å²) >= 11 is 3.96. The molecule has 3 rings (SSSR count).